The second kappa shape index (κ2) is 8.81. The smallest absolute Gasteiger partial charge is 0.410 e. The van der Waals surface area contributed by atoms with Crippen molar-refractivity contribution in [2.45, 2.75) is 64.0 Å². The summed E-state index contributed by atoms with van der Waals surface area (Å²) in [5.41, 5.74) is -0.436. The van der Waals surface area contributed by atoms with Crippen LogP contribution in [0.4, 0.5) is 4.79 Å². The van der Waals surface area contributed by atoms with Crippen LogP contribution in [0.3, 0.4) is 0 Å². The Morgan fingerprint density at radius 3 is 2.79 bits per heavy atom. The van der Waals surface area contributed by atoms with Crippen LogP contribution in [0.1, 0.15) is 51.6 Å². The van der Waals surface area contributed by atoms with Gasteiger partial charge in [-0.1, -0.05) is 0 Å². The first-order chi connectivity index (χ1) is 11.4. The van der Waals surface area contributed by atoms with E-state index in [0.29, 0.717) is 6.04 Å². The molecule has 0 radical (unpaired) electrons. The molecule has 0 aromatic carbocycles. The largest absolute Gasteiger partial charge is 0.464 e. The molecular weight excluding hydrogens is 324 g/mol. The van der Waals surface area contributed by atoms with Gasteiger partial charge in [-0.15, -0.1) is 0 Å². The number of ether oxygens (including phenoxy) is 1. The van der Waals surface area contributed by atoms with E-state index in [1.807, 2.05) is 37.8 Å². The molecule has 24 heavy (non-hydrogen) atoms. The fourth-order valence-corrected chi connectivity index (χ4v) is 3.23. The van der Waals surface area contributed by atoms with Crippen LogP contribution in [-0.2, 0) is 17.0 Å². The molecular formula is C18H30N2O3S. The molecule has 1 aliphatic heterocycles. The molecule has 1 fully saturated rings. The second-order valence-corrected chi connectivity index (χ2v) is 8.14. The maximum absolute atomic E-state index is 12.2. The quantitative estimate of drug-likeness (QED) is 0.865. The minimum Gasteiger partial charge on any atom is -0.464 e. The zero-order valence-corrected chi connectivity index (χ0v) is 16.1. The molecule has 1 amide bonds. The Morgan fingerprint density at radius 1 is 1.33 bits per heavy atom. The minimum absolute atomic E-state index is 0.198. The Balaban J connectivity index is 1.77. The maximum atomic E-state index is 12.2. The van der Waals surface area contributed by atoms with Crippen molar-refractivity contribution in [1.82, 2.24) is 10.2 Å². The van der Waals surface area contributed by atoms with E-state index in [1.54, 1.807) is 11.8 Å². The highest BCUT2D eigenvalue weighted by atomic mass is 32.2. The summed E-state index contributed by atoms with van der Waals surface area (Å²) in [5.74, 6) is 2.91. The molecule has 5 nitrogen and oxygen atoms in total. The van der Waals surface area contributed by atoms with E-state index in [9.17, 15) is 4.79 Å². The van der Waals surface area contributed by atoms with Crippen molar-refractivity contribution in [3.8, 4) is 0 Å². The monoisotopic (exact) mass is 354 g/mol. The van der Waals surface area contributed by atoms with Gasteiger partial charge in [-0.05, 0) is 58.4 Å². The number of nitrogens with zero attached hydrogens (tertiary/aromatic N) is 1. The molecule has 1 saturated heterocycles. The first-order valence-electron chi connectivity index (χ1n) is 8.65. The molecule has 0 spiro atoms. The van der Waals surface area contributed by atoms with Gasteiger partial charge in [0.2, 0.25) is 0 Å². The van der Waals surface area contributed by atoms with Crippen molar-refractivity contribution in [3.05, 3.63) is 23.7 Å². The van der Waals surface area contributed by atoms with E-state index >= 15 is 0 Å². The number of nitrogens with one attached hydrogen (secondary N) is 1. The van der Waals surface area contributed by atoms with Crippen LogP contribution in [0.15, 0.2) is 16.5 Å². The van der Waals surface area contributed by atoms with Crippen LogP contribution in [0, 0.1) is 0 Å². The Morgan fingerprint density at radius 2 is 2.08 bits per heavy atom. The van der Waals surface area contributed by atoms with E-state index in [2.05, 4.69) is 11.6 Å². The van der Waals surface area contributed by atoms with Gasteiger partial charge in [-0.2, -0.15) is 11.8 Å². The molecule has 1 aromatic rings. The van der Waals surface area contributed by atoms with Crippen LogP contribution < -0.4 is 5.32 Å². The van der Waals surface area contributed by atoms with Crippen LogP contribution in [0.25, 0.3) is 0 Å². The molecule has 2 rings (SSSR count). The minimum atomic E-state index is -0.436. The predicted octanol–water partition coefficient (Wildman–Crippen LogP) is 4.02. The molecule has 1 atom stereocenters. The van der Waals surface area contributed by atoms with Crippen molar-refractivity contribution in [3.63, 3.8) is 0 Å². The molecule has 0 bridgehead atoms. The Bertz CT molecular complexity index is 525. The lowest BCUT2D eigenvalue weighted by Gasteiger charge is -2.26. The average molecular weight is 355 g/mol. The number of rotatable bonds is 5. The van der Waals surface area contributed by atoms with Crippen LogP contribution in [0.2, 0.25) is 0 Å². The van der Waals surface area contributed by atoms with Crippen molar-refractivity contribution < 1.29 is 13.9 Å². The van der Waals surface area contributed by atoms with E-state index in [4.69, 9.17) is 9.15 Å². The maximum Gasteiger partial charge on any atom is 0.410 e. The summed E-state index contributed by atoms with van der Waals surface area (Å²) in [7, 11) is 0. The summed E-state index contributed by atoms with van der Waals surface area (Å²) in [6, 6.07) is 4.50. The number of furan rings is 1. The molecule has 136 valence electrons. The summed E-state index contributed by atoms with van der Waals surface area (Å²) in [5, 5.41) is 3.56. The van der Waals surface area contributed by atoms with Gasteiger partial charge in [-0.25, -0.2) is 4.79 Å². The lowest BCUT2D eigenvalue weighted by molar-refractivity contribution is 0.0256. The first kappa shape index (κ1) is 19.2. The van der Waals surface area contributed by atoms with Crippen LogP contribution >= 0.6 is 11.8 Å². The van der Waals surface area contributed by atoms with E-state index in [0.717, 1.165) is 56.2 Å². The summed E-state index contributed by atoms with van der Waals surface area (Å²) in [6.07, 6.45) is 4.88. The molecule has 2 heterocycles. The van der Waals surface area contributed by atoms with Crippen molar-refractivity contribution >= 4 is 17.9 Å². The van der Waals surface area contributed by atoms with E-state index < -0.39 is 5.60 Å². The van der Waals surface area contributed by atoms with Gasteiger partial charge in [0.1, 0.15) is 17.1 Å². The number of likely N-dealkylation sites (tertiary alicyclic amines) is 1. The van der Waals surface area contributed by atoms with Crippen molar-refractivity contribution in [2.24, 2.45) is 0 Å². The third-order valence-corrected chi connectivity index (χ3v) is 4.52. The highest BCUT2D eigenvalue weighted by Gasteiger charge is 2.25. The summed E-state index contributed by atoms with van der Waals surface area (Å²) < 4.78 is 11.3. The summed E-state index contributed by atoms with van der Waals surface area (Å²) in [4.78, 5) is 14.0. The highest BCUT2D eigenvalue weighted by molar-refractivity contribution is 7.97. The van der Waals surface area contributed by atoms with Gasteiger partial charge < -0.3 is 19.4 Å². The molecule has 1 N–H and O–H groups in total. The highest BCUT2D eigenvalue weighted by Crippen LogP contribution is 2.17. The topological polar surface area (TPSA) is 54.7 Å². The third-order valence-electron chi connectivity index (χ3n) is 3.95. The summed E-state index contributed by atoms with van der Waals surface area (Å²) >= 11 is 1.76. The predicted molar refractivity (Wildman–Crippen MR) is 98.2 cm³/mol. The Kier molecular flexibility index (Phi) is 7.04. The van der Waals surface area contributed by atoms with Crippen LogP contribution in [0.5, 0.6) is 0 Å². The van der Waals surface area contributed by atoms with E-state index in [-0.39, 0.29) is 6.09 Å². The number of amides is 1. The molecule has 0 aliphatic carbocycles. The number of carbonyl (C=O) groups excluding carboxylic acids is 1. The number of thioether (sulfide) groups is 1. The molecule has 0 saturated carbocycles. The normalized spacial score (nSPS) is 19.2. The van der Waals surface area contributed by atoms with Gasteiger partial charge in [0.15, 0.2) is 0 Å². The Labute approximate surface area is 149 Å². The lowest BCUT2D eigenvalue weighted by atomic mass is 10.1. The molecule has 1 unspecified atom stereocenters. The standard InChI is InChI=1S/C18H30N2O3S/c1-18(2,3)23-17(21)20-10-5-6-14(9-11-20)19-12-15-7-8-16(22-15)13-24-4/h7-8,14,19H,5-6,9-13H2,1-4H3. The van der Waals surface area contributed by atoms with Crippen LogP contribution in [-0.4, -0.2) is 42.0 Å². The zero-order valence-electron chi connectivity index (χ0n) is 15.3. The molecule has 6 heteroatoms. The number of hydrogen-bond donors (Lipinski definition) is 1. The SMILES string of the molecule is CSCc1ccc(CNC2CCCN(C(=O)OC(C)(C)C)CC2)o1. The van der Waals surface area contributed by atoms with Gasteiger partial charge >= 0.3 is 6.09 Å². The number of carbonyl (C=O) groups is 1. The third kappa shape index (κ3) is 6.40. The van der Waals surface area contributed by atoms with Crippen molar-refractivity contribution in [2.75, 3.05) is 19.3 Å². The Hall–Kier alpha value is -1.14. The number of hydrogen-bond acceptors (Lipinski definition) is 5. The van der Waals surface area contributed by atoms with Gasteiger partial charge in [0.05, 0.1) is 12.3 Å². The first-order valence-corrected chi connectivity index (χ1v) is 10.0. The lowest BCUT2D eigenvalue weighted by Crippen LogP contribution is -2.38. The fraction of sp³-hybridized carbons (Fsp3) is 0.722. The fourth-order valence-electron chi connectivity index (χ4n) is 2.79. The zero-order chi connectivity index (χ0) is 17.6. The summed E-state index contributed by atoms with van der Waals surface area (Å²) in [6.45, 7) is 7.96. The van der Waals surface area contributed by atoms with Gasteiger partial charge in [-0.3, -0.25) is 0 Å². The van der Waals surface area contributed by atoms with Gasteiger partial charge in [0.25, 0.3) is 0 Å². The average Bonchev–Trinajstić information content (AvgIpc) is 2.79. The van der Waals surface area contributed by atoms with E-state index in [1.165, 1.54) is 0 Å². The molecule has 1 aliphatic rings. The molecule has 1 aromatic heterocycles. The van der Waals surface area contributed by atoms with Gasteiger partial charge in [0, 0.05) is 19.1 Å². The second-order valence-electron chi connectivity index (χ2n) is 7.28. The van der Waals surface area contributed by atoms with Crippen molar-refractivity contribution in [1.29, 1.82) is 0 Å².